The van der Waals surface area contributed by atoms with Crippen molar-refractivity contribution in [2.45, 2.75) is 13.0 Å². The van der Waals surface area contributed by atoms with Crippen LogP contribution in [0.3, 0.4) is 0 Å². The highest BCUT2D eigenvalue weighted by molar-refractivity contribution is 6.00. The SMILES string of the molecule is COc1cccn2nc(-c3ccccc3)c(-c3ccnc(NC4CN(C(=O)c5ccc(NC(=O)/C=C/CN(C)C)cc5)CC4C)n3)c12. The Morgan fingerprint density at radius 2 is 1.81 bits per heavy atom. The van der Waals surface area contributed by atoms with Crippen LogP contribution in [0.5, 0.6) is 5.75 Å². The number of nitrogens with one attached hydrogen (secondary N) is 2. The van der Waals surface area contributed by atoms with E-state index in [-0.39, 0.29) is 23.8 Å². The third-order valence-electron chi connectivity index (χ3n) is 8.15. The van der Waals surface area contributed by atoms with E-state index >= 15 is 0 Å². The highest BCUT2D eigenvalue weighted by Gasteiger charge is 2.33. The number of nitrogens with zero attached hydrogens (tertiary/aromatic N) is 6. The summed E-state index contributed by atoms with van der Waals surface area (Å²) in [5.41, 5.74) is 5.32. The molecule has 0 radical (unpaired) electrons. The molecule has 5 aromatic rings. The van der Waals surface area contributed by atoms with Crippen LogP contribution in [0.4, 0.5) is 11.6 Å². The number of fused-ring (bicyclic) bond motifs is 1. The van der Waals surface area contributed by atoms with Gasteiger partial charge in [-0.3, -0.25) is 9.59 Å². The standard InChI is InChI=1S/C36H38N8O3/c1-24-22-43(35(46)26-14-16-27(17-15-26)38-31(45)13-9-20-42(2)3)23-29(24)40-36-37-19-18-28(39-36)32-33(25-10-6-5-7-11-25)41-44-21-8-12-30(47-4)34(32)44/h5-19,21,24,29H,20,22-23H2,1-4H3,(H,38,45)(H,37,39,40)/b13-9+. The Kier molecular flexibility index (Phi) is 9.25. The number of hydrogen-bond donors (Lipinski definition) is 2. The molecule has 2 atom stereocenters. The summed E-state index contributed by atoms with van der Waals surface area (Å²) in [7, 11) is 5.52. The minimum atomic E-state index is -0.212. The second-order valence-corrected chi connectivity index (χ2v) is 11.9. The summed E-state index contributed by atoms with van der Waals surface area (Å²) in [5, 5.41) is 11.2. The van der Waals surface area contributed by atoms with Gasteiger partial charge in [-0.05, 0) is 62.5 Å². The molecule has 11 heteroatoms. The molecule has 2 N–H and O–H groups in total. The number of rotatable bonds is 10. The summed E-state index contributed by atoms with van der Waals surface area (Å²) in [5.74, 6) is 1.05. The number of benzene rings is 2. The zero-order valence-electron chi connectivity index (χ0n) is 26.9. The first-order valence-corrected chi connectivity index (χ1v) is 15.5. The maximum atomic E-state index is 13.4. The summed E-state index contributed by atoms with van der Waals surface area (Å²) < 4.78 is 7.54. The lowest BCUT2D eigenvalue weighted by Gasteiger charge is -2.18. The van der Waals surface area contributed by atoms with Crippen LogP contribution in [0.15, 0.2) is 97.3 Å². The van der Waals surface area contributed by atoms with Gasteiger partial charge >= 0.3 is 0 Å². The molecule has 0 bridgehead atoms. The van der Waals surface area contributed by atoms with Crippen LogP contribution in [0.1, 0.15) is 17.3 Å². The zero-order chi connectivity index (χ0) is 32.9. The molecule has 1 aliphatic rings. The number of hydrogen-bond acceptors (Lipinski definition) is 8. The van der Waals surface area contributed by atoms with E-state index < -0.39 is 0 Å². The fourth-order valence-electron chi connectivity index (χ4n) is 5.76. The lowest BCUT2D eigenvalue weighted by atomic mass is 10.0. The molecule has 4 heterocycles. The van der Waals surface area contributed by atoms with E-state index in [9.17, 15) is 9.59 Å². The maximum absolute atomic E-state index is 13.4. The molecular formula is C36H38N8O3. The lowest BCUT2D eigenvalue weighted by molar-refractivity contribution is -0.111. The van der Waals surface area contributed by atoms with Crippen molar-refractivity contribution in [3.8, 4) is 28.3 Å². The second kappa shape index (κ2) is 13.8. The van der Waals surface area contributed by atoms with Gasteiger partial charge in [0.1, 0.15) is 17.0 Å². The minimum absolute atomic E-state index is 0.0475. The Morgan fingerprint density at radius 1 is 1.02 bits per heavy atom. The molecule has 0 saturated carbocycles. The molecule has 2 aromatic carbocycles. The maximum Gasteiger partial charge on any atom is 0.253 e. The number of ether oxygens (including phenoxy) is 1. The summed E-state index contributed by atoms with van der Waals surface area (Å²) >= 11 is 0. The largest absolute Gasteiger partial charge is 0.494 e. The van der Waals surface area contributed by atoms with E-state index in [1.807, 2.05) is 83.1 Å². The van der Waals surface area contributed by atoms with Crippen molar-refractivity contribution in [2.24, 2.45) is 5.92 Å². The number of likely N-dealkylation sites (N-methyl/N-ethyl adjacent to an activating group) is 1. The van der Waals surface area contributed by atoms with Gasteiger partial charge in [-0.2, -0.15) is 5.10 Å². The molecule has 0 aliphatic carbocycles. The highest BCUT2D eigenvalue weighted by Crippen LogP contribution is 2.38. The number of carbonyl (C=O) groups excluding carboxylic acids is 2. The van der Waals surface area contributed by atoms with Crippen LogP contribution >= 0.6 is 0 Å². The van der Waals surface area contributed by atoms with Crippen molar-refractivity contribution in [3.63, 3.8) is 0 Å². The van der Waals surface area contributed by atoms with Gasteiger partial charge in [0.05, 0.1) is 24.4 Å². The molecule has 47 heavy (non-hydrogen) atoms. The van der Waals surface area contributed by atoms with Crippen LogP contribution in [-0.4, -0.2) is 88.1 Å². The zero-order valence-corrected chi connectivity index (χ0v) is 26.9. The molecular weight excluding hydrogens is 592 g/mol. The van der Waals surface area contributed by atoms with Crippen molar-refractivity contribution in [3.05, 3.63) is 103 Å². The summed E-state index contributed by atoms with van der Waals surface area (Å²) in [6.07, 6.45) is 6.94. The quantitative estimate of drug-likeness (QED) is 0.205. The molecule has 11 nitrogen and oxygen atoms in total. The van der Waals surface area contributed by atoms with Crippen molar-refractivity contribution in [1.82, 2.24) is 29.4 Å². The Bertz CT molecular complexity index is 1900. The molecule has 1 saturated heterocycles. The van der Waals surface area contributed by atoms with Crippen LogP contribution in [0.2, 0.25) is 0 Å². The van der Waals surface area contributed by atoms with E-state index in [0.29, 0.717) is 48.3 Å². The Balaban J connectivity index is 1.18. The number of methoxy groups -OCH3 is 1. The number of likely N-dealkylation sites (tertiary alicyclic amines) is 1. The number of amides is 2. The van der Waals surface area contributed by atoms with Gasteiger partial charge < -0.3 is 25.2 Å². The first kappa shape index (κ1) is 31.4. The van der Waals surface area contributed by atoms with Gasteiger partial charge in [-0.15, -0.1) is 0 Å². The number of aromatic nitrogens is 4. The average Bonchev–Trinajstić information content (AvgIpc) is 3.65. The predicted octanol–water partition coefficient (Wildman–Crippen LogP) is 5.10. The molecule has 240 valence electrons. The molecule has 3 aromatic heterocycles. The van der Waals surface area contributed by atoms with E-state index in [1.54, 1.807) is 43.6 Å². The molecule has 0 spiro atoms. The Morgan fingerprint density at radius 3 is 2.55 bits per heavy atom. The van der Waals surface area contributed by atoms with Crippen LogP contribution in [0, 0.1) is 5.92 Å². The first-order chi connectivity index (χ1) is 22.8. The van der Waals surface area contributed by atoms with E-state index in [4.69, 9.17) is 14.8 Å². The topological polar surface area (TPSA) is 117 Å². The molecule has 6 rings (SSSR count). The molecule has 1 fully saturated rings. The smallest absolute Gasteiger partial charge is 0.253 e. The summed E-state index contributed by atoms with van der Waals surface area (Å²) in [4.78, 5) is 38.9. The fraction of sp³-hybridized carbons (Fsp3) is 0.250. The van der Waals surface area contributed by atoms with Crippen LogP contribution in [-0.2, 0) is 4.79 Å². The average molecular weight is 631 g/mol. The minimum Gasteiger partial charge on any atom is -0.494 e. The molecule has 1 aliphatic heterocycles. The van der Waals surface area contributed by atoms with E-state index in [0.717, 1.165) is 22.3 Å². The van der Waals surface area contributed by atoms with Gasteiger partial charge in [0.2, 0.25) is 11.9 Å². The fourth-order valence-corrected chi connectivity index (χ4v) is 5.76. The second-order valence-electron chi connectivity index (χ2n) is 11.9. The van der Waals surface area contributed by atoms with E-state index in [1.165, 1.54) is 6.08 Å². The summed E-state index contributed by atoms with van der Waals surface area (Å²) in [6, 6.07) is 22.6. The van der Waals surface area contributed by atoms with Gasteiger partial charge in [0.25, 0.3) is 5.91 Å². The number of carbonyl (C=O) groups is 2. The van der Waals surface area contributed by atoms with E-state index in [2.05, 4.69) is 22.5 Å². The Labute approximate surface area is 273 Å². The third-order valence-corrected chi connectivity index (χ3v) is 8.15. The Hall–Kier alpha value is -5.55. The first-order valence-electron chi connectivity index (χ1n) is 15.5. The van der Waals surface area contributed by atoms with Crippen molar-refractivity contribution in [1.29, 1.82) is 0 Å². The van der Waals surface area contributed by atoms with Crippen molar-refractivity contribution < 1.29 is 14.3 Å². The van der Waals surface area contributed by atoms with Gasteiger partial charge in [0.15, 0.2) is 0 Å². The summed E-state index contributed by atoms with van der Waals surface area (Å²) in [6.45, 7) is 3.88. The van der Waals surface area contributed by atoms with Crippen molar-refractivity contribution in [2.75, 3.05) is 51.5 Å². The predicted molar refractivity (Wildman–Crippen MR) is 183 cm³/mol. The van der Waals surface area contributed by atoms with Crippen molar-refractivity contribution >= 4 is 29.0 Å². The monoisotopic (exact) mass is 630 g/mol. The number of pyridine rings is 1. The lowest BCUT2D eigenvalue weighted by Crippen LogP contribution is -2.32. The van der Waals surface area contributed by atoms with Gasteiger partial charge in [-0.25, -0.2) is 14.5 Å². The molecule has 2 unspecified atom stereocenters. The number of anilines is 2. The van der Waals surface area contributed by atoms with Gasteiger partial charge in [-0.1, -0.05) is 43.3 Å². The van der Waals surface area contributed by atoms with Gasteiger partial charge in [0, 0.05) is 54.9 Å². The normalized spacial score (nSPS) is 16.2. The third kappa shape index (κ3) is 7.00. The molecule has 2 amide bonds. The highest BCUT2D eigenvalue weighted by atomic mass is 16.5. The van der Waals surface area contributed by atoms with Crippen LogP contribution < -0.4 is 15.4 Å². The van der Waals surface area contributed by atoms with Crippen LogP contribution in [0.25, 0.3) is 28.0 Å².